The first kappa shape index (κ1) is 20.1. The first-order chi connectivity index (χ1) is 14.4. The number of nitrogens with one attached hydrogen (secondary N) is 3. The van der Waals surface area contributed by atoms with Crippen LogP contribution >= 0.6 is 0 Å². The Morgan fingerprint density at radius 1 is 1.00 bits per heavy atom. The number of anilines is 3. The number of aromatic nitrogens is 3. The van der Waals surface area contributed by atoms with Gasteiger partial charge in [-0.1, -0.05) is 12.1 Å². The highest BCUT2D eigenvalue weighted by atomic mass is 16.6. The predicted octanol–water partition coefficient (Wildman–Crippen LogP) is 2.50. The summed E-state index contributed by atoms with van der Waals surface area (Å²) in [5, 5.41) is 25.4. The maximum Gasteiger partial charge on any atom is 0.355 e. The SMILES string of the molecule is Cc1ccnc(Nc2ncnc(NNC(=O)c3ccccc3[N+](=O)[O-])c2[N+](=O)[O-])c1. The molecule has 0 atom stereocenters. The van der Waals surface area contributed by atoms with Gasteiger partial charge >= 0.3 is 5.69 Å². The summed E-state index contributed by atoms with van der Waals surface area (Å²) in [7, 11) is 0. The lowest BCUT2D eigenvalue weighted by Gasteiger charge is -2.11. The molecule has 0 saturated carbocycles. The van der Waals surface area contributed by atoms with Crippen LogP contribution in [0.4, 0.5) is 28.8 Å². The van der Waals surface area contributed by atoms with Crippen molar-refractivity contribution >= 4 is 34.7 Å². The molecule has 3 rings (SSSR count). The molecule has 0 aliphatic heterocycles. The normalized spacial score (nSPS) is 10.2. The van der Waals surface area contributed by atoms with E-state index in [1.165, 1.54) is 30.5 Å². The molecule has 0 aliphatic carbocycles. The highest BCUT2D eigenvalue weighted by molar-refractivity contribution is 5.98. The van der Waals surface area contributed by atoms with Gasteiger partial charge in [0.2, 0.25) is 11.6 Å². The number of hydrogen-bond acceptors (Lipinski definition) is 10. The van der Waals surface area contributed by atoms with Crippen LogP contribution in [-0.2, 0) is 0 Å². The second-order valence-corrected chi connectivity index (χ2v) is 5.87. The van der Waals surface area contributed by atoms with E-state index < -0.39 is 27.1 Å². The second kappa shape index (κ2) is 8.55. The van der Waals surface area contributed by atoms with Crippen molar-refractivity contribution < 1.29 is 14.6 Å². The van der Waals surface area contributed by atoms with Crippen molar-refractivity contribution in [3.63, 3.8) is 0 Å². The minimum atomic E-state index is -0.870. The third-order valence-electron chi connectivity index (χ3n) is 3.81. The van der Waals surface area contributed by atoms with Crippen molar-refractivity contribution in [2.24, 2.45) is 0 Å². The molecule has 2 aromatic heterocycles. The van der Waals surface area contributed by atoms with Gasteiger partial charge in [0.15, 0.2) is 0 Å². The van der Waals surface area contributed by atoms with Crippen molar-refractivity contribution in [3.8, 4) is 0 Å². The van der Waals surface area contributed by atoms with E-state index in [0.29, 0.717) is 5.82 Å². The summed E-state index contributed by atoms with van der Waals surface area (Å²) >= 11 is 0. The van der Waals surface area contributed by atoms with Crippen LogP contribution in [0.25, 0.3) is 0 Å². The van der Waals surface area contributed by atoms with Crippen molar-refractivity contribution in [2.45, 2.75) is 6.92 Å². The van der Waals surface area contributed by atoms with Crippen molar-refractivity contribution in [2.75, 3.05) is 10.7 Å². The molecule has 152 valence electrons. The first-order valence-electron chi connectivity index (χ1n) is 8.35. The van der Waals surface area contributed by atoms with E-state index in [0.717, 1.165) is 11.9 Å². The molecular formula is C17H14N8O5. The summed E-state index contributed by atoms with van der Waals surface area (Å²) in [6.07, 6.45) is 2.57. The Labute approximate surface area is 168 Å². The van der Waals surface area contributed by atoms with E-state index in [4.69, 9.17) is 0 Å². The molecule has 3 aromatic rings. The van der Waals surface area contributed by atoms with Gasteiger partial charge in [0.1, 0.15) is 17.7 Å². The summed E-state index contributed by atoms with van der Waals surface area (Å²) in [4.78, 5) is 45.2. The Morgan fingerprint density at radius 3 is 2.43 bits per heavy atom. The van der Waals surface area contributed by atoms with E-state index in [1.54, 1.807) is 12.1 Å². The summed E-state index contributed by atoms with van der Waals surface area (Å²) in [6, 6.07) is 8.69. The molecule has 13 heteroatoms. The molecule has 0 bridgehead atoms. The van der Waals surface area contributed by atoms with Crippen molar-refractivity contribution in [1.82, 2.24) is 20.4 Å². The lowest BCUT2D eigenvalue weighted by atomic mass is 10.2. The molecule has 0 fully saturated rings. The molecule has 3 N–H and O–H groups in total. The molecule has 30 heavy (non-hydrogen) atoms. The number of amides is 1. The average molecular weight is 410 g/mol. The largest absolute Gasteiger partial charge is 0.355 e. The van der Waals surface area contributed by atoms with Gasteiger partial charge in [-0.15, -0.1) is 0 Å². The fourth-order valence-corrected chi connectivity index (χ4v) is 2.47. The van der Waals surface area contributed by atoms with Crippen LogP contribution in [0.1, 0.15) is 15.9 Å². The quantitative estimate of drug-likeness (QED) is 0.387. The summed E-state index contributed by atoms with van der Waals surface area (Å²) in [6.45, 7) is 1.83. The van der Waals surface area contributed by atoms with Gasteiger partial charge in [-0.05, 0) is 30.7 Å². The van der Waals surface area contributed by atoms with Crippen molar-refractivity contribution in [3.05, 3.63) is 80.3 Å². The maximum atomic E-state index is 12.3. The minimum absolute atomic E-state index is 0.157. The molecule has 0 radical (unpaired) electrons. The molecule has 13 nitrogen and oxygen atoms in total. The second-order valence-electron chi connectivity index (χ2n) is 5.87. The van der Waals surface area contributed by atoms with Crippen LogP contribution in [0.5, 0.6) is 0 Å². The zero-order chi connectivity index (χ0) is 21.7. The highest BCUT2D eigenvalue weighted by Crippen LogP contribution is 2.30. The number of nitro groups is 2. The fourth-order valence-electron chi connectivity index (χ4n) is 2.47. The number of hydrazine groups is 1. The van der Waals surface area contributed by atoms with Gasteiger partial charge in [0.25, 0.3) is 11.6 Å². The van der Waals surface area contributed by atoms with Crippen molar-refractivity contribution in [1.29, 1.82) is 0 Å². The van der Waals surface area contributed by atoms with E-state index in [-0.39, 0.29) is 17.2 Å². The number of hydrogen-bond donors (Lipinski definition) is 3. The van der Waals surface area contributed by atoms with Gasteiger partial charge < -0.3 is 5.32 Å². The topological polar surface area (TPSA) is 178 Å². The van der Waals surface area contributed by atoms with Gasteiger partial charge in [0, 0.05) is 12.3 Å². The Bertz CT molecular complexity index is 1140. The lowest BCUT2D eigenvalue weighted by Crippen LogP contribution is -2.30. The zero-order valence-electron chi connectivity index (χ0n) is 15.4. The standard InChI is InChI=1S/C17H14N8O5/c1-10-6-7-18-13(8-10)21-15-14(25(29)30)16(20-9-19-15)22-23-17(26)11-4-2-3-5-12(11)24(27)28/h2-9H,1H3,(H,23,26)(H2,18,19,20,21,22). The summed E-state index contributed by atoms with van der Waals surface area (Å²) in [5.41, 5.74) is 4.18. The van der Waals surface area contributed by atoms with E-state index in [2.05, 4.69) is 31.1 Å². The molecule has 0 unspecified atom stereocenters. The maximum absolute atomic E-state index is 12.3. The van der Waals surface area contributed by atoms with E-state index in [9.17, 15) is 25.0 Å². The minimum Gasteiger partial charge on any atom is -0.319 e. The number of aryl methyl sites for hydroxylation is 1. The van der Waals surface area contributed by atoms with Gasteiger partial charge in [0.05, 0.1) is 9.85 Å². The average Bonchev–Trinajstić information content (AvgIpc) is 2.71. The Morgan fingerprint density at radius 2 is 1.73 bits per heavy atom. The van der Waals surface area contributed by atoms with Crippen LogP contribution in [0.3, 0.4) is 0 Å². The van der Waals surface area contributed by atoms with Gasteiger partial charge in [-0.25, -0.2) is 15.0 Å². The Hall–Kier alpha value is -4.68. The van der Waals surface area contributed by atoms with Crippen LogP contribution in [0.15, 0.2) is 48.9 Å². The van der Waals surface area contributed by atoms with Crippen LogP contribution in [-0.4, -0.2) is 30.7 Å². The zero-order valence-corrected chi connectivity index (χ0v) is 15.4. The number of rotatable bonds is 7. The molecule has 2 heterocycles. The molecule has 1 aromatic carbocycles. The number of para-hydroxylation sites is 1. The van der Waals surface area contributed by atoms with Crippen LogP contribution in [0, 0.1) is 27.2 Å². The third-order valence-corrected chi connectivity index (χ3v) is 3.81. The number of nitrogens with zero attached hydrogens (tertiary/aromatic N) is 5. The van der Waals surface area contributed by atoms with Gasteiger partial charge in [-0.3, -0.25) is 35.9 Å². The van der Waals surface area contributed by atoms with Gasteiger partial charge in [-0.2, -0.15) is 0 Å². The fraction of sp³-hybridized carbons (Fsp3) is 0.0588. The number of pyridine rings is 1. The van der Waals surface area contributed by atoms with Crippen LogP contribution < -0.4 is 16.2 Å². The Balaban J connectivity index is 1.85. The summed E-state index contributed by atoms with van der Waals surface area (Å²) in [5.74, 6) is -1.02. The number of nitro benzene ring substituents is 1. The number of benzene rings is 1. The van der Waals surface area contributed by atoms with Crippen LogP contribution in [0.2, 0.25) is 0 Å². The molecule has 1 amide bonds. The molecular weight excluding hydrogens is 396 g/mol. The molecule has 0 aliphatic rings. The first-order valence-corrected chi connectivity index (χ1v) is 8.35. The Kier molecular flexibility index (Phi) is 5.72. The number of carbonyl (C=O) groups excluding carboxylic acids is 1. The summed E-state index contributed by atoms with van der Waals surface area (Å²) < 4.78 is 0. The number of carbonyl (C=O) groups is 1. The molecule has 0 spiro atoms. The van der Waals surface area contributed by atoms with E-state index >= 15 is 0 Å². The van der Waals surface area contributed by atoms with E-state index in [1.807, 2.05) is 6.92 Å². The predicted molar refractivity (Wildman–Crippen MR) is 105 cm³/mol. The molecule has 0 saturated heterocycles. The smallest absolute Gasteiger partial charge is 0.319 e. The third kappa shape index (κ3) is 4.41. The monoisotopic (exact) mass is 410 g/mol. The highest BCUT2D eigenvalue weighted by Gasteiger charge is 2.25. The lowest BCUT2D eigenvalue weighted by molar-refractivity contribution is -0.385.